The molecule has 1 fully saturated rings. The van der Waals surface area contributed by atoms with Crippen molar-refractivity contribution >= 4 is 0 Å². The summed E-state index contributed by atoms with van der Waals surface area (Å²) in [6.07, 6.45) is 0. The van der Waals surface area contributed by atoms with E-state index in [9.17, 15) is 10.2 Å². The number of benzene rings is 1. The van der Waals surface area contributed by atoms with Gasteiger partial charge in [-0.25, -0.2) is 4.90 Å². The van der Waals surface area contributed by atoms with Crippen LogP contribution in [0.15, 0.2) is 24.3 Å². The van der Waals surface area contributed by atoms with Gasteiger partial charge in [-0.3, -0.25) is 0 Å². The molecule has 2 rings (SSSR count). The second-order valence-corrected chi connectivity index (χ2v) is 4.10. The van der Waals surface area contributed by atoms with Crippen molar-refractivity contribution in [3.05, 3.63) is 35.4 Å². The molecule has 18 heavy (non-hydrogen) atoms. The number of ether oxygens (including phenoxy) is 1. The molecule has 0 saturated carbocycles. The smallest absolute Gasteiger partial charge is 0.253 e. The first-order chi connectivity index (χ1) is 8.60. The van der Waals surface area contributed by atoms with Crippen LogP contribution >= 0.6 is 0 Å². The van der Waals surface area contributed by atoms with E-state index in [1.54, 1.807) is 17.0 Å². The summed E-state index contributed by atoms with van der Waals surface area (Å²) >= 11 is 0. The van der Waals surface area contributed by atoms with Gasteiger partial charge in [0, 0.05) is 18.7 Å². The van der Waals surface area contributed by atoms with Crippen molar-refractivity contribution in [3.8, 4) is 0 Å². The zero-order valence-electron chi connectivity index (χ0n) is 11.4. The number of aliphatic hydroxyl groups is 2. The van der Waals surface area contributed by atoms with Gasteiger partial charge in [-0.1, -0.05) is 37.6 Å². The third-order valence-corrected chi connectivity index (χ3v) is 2.86. The van der Waals surface area contributed by atoms with E-state index in [4.69, 9.17) is 4.74 Å². The third kappa shape index (κ3) is 3.53. The van der Waals surface area contributed by atoms with Crippen LogP contribution < -0.4 is 0 Å². The standard InChI is InChI=1S/C12H17NO3.C2H6/c1-10-3-2-4-11(9-10)12(14,15)13-5-7-16-8-6-13;1-2/h2-4,9,14-15H,5-8H2,1H3;1-2H3. The second-order valence-electron chi connectivity index (χ2n) is 4.10. The quantitative estimate of drug-likeness (QED) is 0.783. The maximum absolute atomic E-state index is 10.2. The van der Waals surface area contributed by atoms with Crippen molar-refractivity contribution in [2.45, 2.75) is 26.7 Å². The monoisotopic (exact) mass is 253 g/mol. The van der Waals surface area contributed by atoms with E-state index in [-0.39, 0.29) is 0 Å². The fourth-order valence-electron chi connectivity index (χ4n) is 1.91. The Labute approximate surface area is 109 Å². The van der Waals surface area contributed by atoms with E-state index in [2.05, 4.69) is 0 Å². The fraction of sp³-hybridized carbons (Fsp3) is 0.571. The molecule has 0 unspecified atom stereocenters. The summed E-state index contributed by atoms with van der Waals surface area (Å²) in [7, 11) is 0. The van der Waals surface area contributed by atoms with Gasteiger partial charge in [0.25, 0.3) is 5.91 Å². The number of aryl methyl sites for hydroxylation is 1. The van der Waals surface area contributed by atoms with Gasteiger partial charge in [-0.05, 0) is 13.0 Å². The maximum atomic E-state index is 10.2. The maximum Gasteiger partial charge on any atom is 0.253 e. The molecule has 0 aromatic heterocycles. The minimum absolute atomic E-state index is 0.509. The highest BCUT2D eigenvalue weighted by Gasteiger charge is 2.34. The summed E-state index contributed by atoms with van der Waals surface area (Å²) in [6, 6.07) is 7.27. The molecule has 0 atom stereocenters. The van der Waals surface area contributed by atoms with Gasteiger partial charge in [-0.15, -0.1) is 0 Å². The van der Waals surface area contributed by atoms with E-state index in [1.165, 1.54) is 0 Å². The third-order valence-electron chi connectivity index (χ3n) is 2.86. The SMILES string of the molecule is CC.Cc1cccc(C(O)(O)N2CCOCC2)c1. The van der Waals surface area contributed by atoms with E-state index in [0.29, 0.717) is 31.9 Å². The normalized spacial score (nSPS) is 16.9. The molecule has 1 aliphatic rings. The van der Waals surface area contributed by atoms with E-state index in [1.807, 2.05) is 32.9 Å². The summed E-state index contributed by atoms with van der Waals surface area (Å²) in [5.74, 6) is -1.89. The summed E-state index contributed by atoms with van der Waals surface area (Å²) in [5.41, 5.74) is 1.52. The topological polar surface area (TPSA) is 52.9 Å². The molecule has 2 N–H and O–H groups in total. The molecule has 1 saturated heterocycles. The van der Waals surface area contributed by atoms with Gasteiger partial charge < -0.3 is 14.9 Å². The van der Waals surface area contributed by atoms with Gasteiger partial charge in [0.05, 0.1) is 13.2 Å². The van der Waals surface area contributed by atoms with Crippen LogP contribution in [0.2, 0.25) is 0 Å². The number of hydrogen-bond donors (Lipinski definition) is 2. The molecule has 4 heteroatoms. The number of hydrogen-bond acceptors (Lipinski definition) is 4. The lowest BCUT2D eigenvalue weighted by Crippen LogP contribution is -2.51. The van der Waals surface area contributed by atoms with Crippen molar-refractivity contribution in [2.75, 3.05) is 26.3 Å². The molecule has 0 aliphatic carbocycles. The molecule has 1 aliphatic heterocycles. The molecule has 4 nitrogen and oxygen atoms in total. The van der Waals surface area contributed by atoms with Crippen molar-refractivity contribution in [1.82, 2.24) is 4.90 Å². The number of nitrogens with zero attached hydrogens (tertiary/aromatic N) is 1. The highest BCUT2D eigenvalue weighted by Crippen LogP contribution is 2.24. The van der Waals surface area contributed by atoms with Crippen LogP contribution in [-0.4, -0.2) is 41.4 Å². The van der Waals surface area contributed by atoms with Gasteiger partial charge in [-0.2, -0.15) is 0 Å². The van der Waals surface area contributed by atoms with E-state index in [0.717, 1.165) is 5.56 Å². The first kappa shape index (κ1) is 15.1. The van der Waals surface area contributed by atoms with Crippen molar-refractivity contribution in [2.24, 2.45) is 0 Å². The Bertz CT molecular complexity index is 360. The summed E-state index contributed by atoms with van der Waals surface area (Å²) in [5, 5.41) is 20.3. The highest BCUT2D eigenvalue weighted by molar-refractivity contribution is 5.25. The Kier molecular flexibility index (Phi) is 5.75. The zero-order chi connectivity index (χ0) is 13.6. The summed E-state index contributed by atoms with van der Waals surface area (Å²) in [6.45, 7) is 8.06. The first-order valence-electron chi connectivity index (χ1n) is 6.45. The van der Waals surface area contributed by atoms with Gasteiger partial charge in [0.1, 0.15) is 0 Å². The summed E-state index contributed by atoms with van der Waals surface area (Å²) < 4.78 is 5.19. The second kappa shape index (κ2) is 6.85. The van der Waals surface area contributed by atoms with Crippen LogP contribution in [0.4, 0.5) is 0 Å². The average Bonchev–Trinajstić information content (AvgIpc) is 2.42. The largest absolute Gasteiger partial charge is 0.379 e. The molecule has 0 bridgehead atoms. The lowest BCUT2D eigenvalue weighted by molar-refractivity contribution is -0.286. The highest BCUT2D eigenvalue weighted by atomic mass is 16.5. The van der Waals surface area contributed by atoms with E-state index >= 15 is 0 Å². The van der Waals surface area contributed by atoms with Gasteiger partial charge >= 0.3 is 0 Å². The van der Waals surface area contributed by atoms with Crippen molar-refractivity contribution < 1.29 is 14.9 Å². The minimum atomic E-state index is -1.89. The zero-order valence-corrected chi connectivity index (χ0v) is 11.4. The predicted octanol–water partition coefficient (Wildman–Crippen LogP) is 1.45. The first-order valence-corrected chi connectivity index (χ1v) is 6.45. The van der Waals surface area contributed by atoms with E-state index < -0.39 is 5.91 Å². The molecule has 0 amide bonds. The minimum Gasteiger partial charge on any atom is -0.379 e. The molecular weight excluding hydrogens is 230 g/mol. The molecule has 1 heterocycles. The molecule has 0 spiro atoms. The van der Waals surface area contributed by atoms with Crippen LogP contribution in [-0.2, 0) is 10.6 Å². The molecule has 0 radical (unpaired) electrons. The van der Waals surface area contributed by atoms with Crippen LogP contribution in [0.3, 0.4) is 0 Å². The Hall–Kier alpha value is -0.940. The predicted molar refractivity (Wildman–Crippen MR) is 71.0 cm³/mol. The van der Waals surface area contributed by atoms with Crippen LogP contribution in [0, 0.1) is 6.92 Å². The Morgan fingerprint density at radius 1 is 1.17 bits per heavy atom. The van der Waals surface area contributed by atoms with Crippen molar-refractivity contribution in [3.63, 3.8) is 0 Å². The lowest BCUT2D eigenvalue weighted by atomic mass is 10.1. The molecular formula is C14H23NO3. The number of morpholine rings is 1. The van der Waals surface area contributed by atoms with Gasteiger partial charge in [0.2, 0.25) is 0 Å². The Morgan fingerprint density at radius 2 is 1.78 bits per heavy atom. The van der Waals surface area contributed by atoms with Crippen LogP contribution in [0.5, 0.6) is 0 Å². The van der Waals surface area contributed by atoms with Crippen LogP contribution in [0.25, 0.3) is 0 Å². The van der Waals surface area contributed by atoms with Gasteiger partial charge in [0.15, 0.2) is 0 Å². The molecule has 1 aromatic carbocycles. The average molecular weight is 253 g/mol. The fourth-order valence-corrected chi connectivity index (χ4v) is 1.91. The number of rotatable bonds is 2. The molecule has 102 valence electrons. The van der Waals surface area contributed by atoms with Crippen molar-refractivity contribution in [1.29, 1.82) is 0 Å². The summed E-state index contributed by atoms with van der Waals surface area (Å²) in [4.78, 5) is 1.62. The lowest BCUT2D eigenvalue weighted by Gasteiger charge is -2.37. The Morgan fingerprint density at radius 3 is 2.33 bits per heavy atom. The Balaban J connectivity index is 0.000000771. The van der Waals surface area contributed by atoms with Crippen LogP contribution in [0.1, 0.15) is 25.0 Å². The molecule has 1 aromatic rings.